The third-order valence-electron chi connectivity index (χ3n) is 3.78. The van der Waals surface area contributed by atoms with Gasteiger partial charge in [-0.05, 0) is 24.6 Å². The van der Waals surface area contributed by atoms with Crippen molar-refractivity contribution in [2.75, 3.05) is 11.4 Å². The van der Waals surface area contributed by atoms with Crippen LogP contribution in [0.4, 0.5) is 9.52 Å². The molecule has 0 unspecified atom stereocenters. The summed E-state index contributed by atoms with van der Waals surface area (Å²) in [6.45, 7) is 5.84. The maximum atomic E-state index is 14.2. The summed E-state index contributed by atoms with van der Waals surface area (Å²) in [6, 6.07) is 12.0. The van der Waals surface area contributed by atoms with Gasteiger partial charge in [0.1, 0.15) is 5.01 Å². The average Bonchev–Trinajstić information content (AvgIpc) is 3.14. The quantitative estimate of drug-likeness (QED) is 0.596. The number of rotatable bonds is 5. The molecule has 132 valence electrons. The number of halogens is 2. The van der Waals surface area contributed by atoms with Crippen molar-refractivity contribution in [3.8, 4) is 10.6 Å². The van der Waals surface area contributed by atoms with Gasteiger partial charge < -0.3 is 0 Å². The fraction of sp³-hybridized carbons (Fsp3) is 0.105. The Morgan fingerprint density at radius 3 is 2.65 bits per heavy atom. The first-order valence-electron chi connectivity index (χ1n) is 7.87. The molecule has 3 rings (SSSR count). The van der Waals surface area contributed by atoms with Crippen LogP contribution in [0, 0.1) is 5.82 Å². The zero-order valence-electron chi connectivity index (χ0n) is 13.9. The first kappa shape index (κ1) is 18.2. The molecule has 0 aliphatic rings. The summed E-state index contributed by atoms with van der Waals surface area (Å²) < 4.78 is 14.2. The van der Waals surface area contributed by atoms with E-state index in [4.69, 9.17) is 11.6 Å². The summed E-state index contributed by atoms with van der Waals surface area (Å²) in [6.07, 6.45) is 1.76. The van der Waals surface area contributed by atoms with Gasteiger partial charge in [-0.25, -0.2) is 4.39 Å². The van der Waals surface area contributed by atoms with E-state index in [0.29, 0.717) is 16.7 Å². The van der Waals surface area contributed by atoms with E-state index in [1.165, 1.54) is 28.4 Å². The molecule has 3 aromatic rings. The van der Waals surface area contributed by atoms with Gasteiger partial charge in [-0.3, -0.25) is 9.69 Å². The number of amides is 1. The van der Waals surface area contributed by atoms with Crippen molar-refractivity contribution in [3.05, 3.63) is 71.0 Å². The molecule has 1 heterocycles. The van der Waals surface area contributed by atoms with Crippen molar-refractivity contribution < 1.29 is 9.18 Å². The number of nitrogens with zero attached hydrogens (tertiary/aromatic N) is 3. The minimum Gasteiger partial charge on any atom is -0.283 e. The van der Waals surface area contributed by atoms with Crippen LogP contribution in [0.5, 0.6) is 0 Å². The van der Waals surface area contributed by atoms with Crippen LogP contribution in [0.2, 0.25) is 5.02 Å². The molecular weight excluding hydrogens is 373 g/mol. The predicted octanol–water partition coefficient (Wildman–Crippen LogP) is 5.31. The third kappa shape index (κ3) is 3.52. The van der Waals surface area contributed by atoms with Gasteiger partial charge in [0.25, 0.3) is 5.91 Å². The number of anilines is 1. The van der Waals surface area contributed by atoms with Gasteiger partial charge in [0.15, 0.2) is 5.82 Å². The Balaban J connectivity index is 1.91. The lowest BCUT2D eigenvalue weighted by Crippen LogP contribution is -2.31. The Hall–Kier alpha value is -2.57. The van der Waals surface area contributed by atoms with Crippen molar-refractivity contribution in [1.82, 2.24) is 10.2 Å². The van der Waals surface area contributed by atoms with Crippen molar-refractivity contribution in [2.24, 2.45) is 0 Å². The van der Waals surface area contributed by atoms with Gasteiger partial charge in [-0.15, -0.1) is 10.2 Å². The van der Waals surface area contributed by atoms with Crippen LogP contribution >= 0.6 is 22.9 Å². The molecule has 7 heteroatoms. The standard InChI is InChI=1S/C19H15ClFN3OS/c1-3-12-8-10-13(11-9-12)17-22-23-19(26-17)24(4-2)18(25)14-6-5-7-15(20)16(14)21/h3,5-11H,1,4H2,2H3. The molecule has 0 bridgehead atoms. The summed E-state index contributed by atoms with van der Waals surface area (Å²) >= 11 is 7.05. The molecular formula is C19H15ClFN3OS. The van der Waals surface area contributed by atoms with E-state index in [-0.39, 0.29) is 10.6 Å². The number of benzene rings is 2. The highest BCUT2D eigenvalue weighted by Gasteiger charge is 2.24. The van der Waals surface area contributed by atoms with Crippen LogP contribution in [0.1, 0.15) is 22.8 Å². The summed E-state index contributed by atoms with van der Waals surface area (Å²) in [5.41, 5.74) is 1.79. The highest BCUT2D eigenvalue weighted by Crippen LogP contribution is 2.30. The van der Waals surface area contributed by atoms with E-state index in [0.717, 1.165) is 11.1 Å². The van der Waals surface area contributed by atoms with Gasteiger partial charge in [-0.2, -0.15) is 0 Å². The van der Waals surface area contributed by atoms with Crippen molar-refractivity contribution in [3.63, 3.8) is 0 Å². The Morgan fingerprint density at radius 2 is 2.00 bits per heavy atom. The third-order valence-corrected chi connectivity index (χ3v) is 5.07. The van der Waals surface area contributed by atoms with E-state index < -0.39 is 11.7 Å². The fourth-order valence-electron chi connectivity index (χ4n) is 2.38. The van der Waals surface area contributed by atoms with Crippen LogP contribution in [0.3, 0.4) is 0 Å². The Morgan fingerprint density at radius 1 is 1.27 bits per heavy atom. The molecule has 2 aromatic carbocycles. The summed E-state index contributed by atoms with van der Waals surface area (Å²) in [5.74, 6) is -1.24. The Kier molecular flexibility index (Phi) is 5.44. The fourth-order valence-corrected chi connectivity index (χ4v) is 3.47. The van der Waals surface area contributed by atoms with Gasteiger partial charge in [0, 0.05) is 12.1 Å². The molecule has 0 aliphatic heterocycles. The molecule has 26 heavy (non-hydrogen) atoms. The van der Waals surface area contributed by atoms with Gasteiger partial charge in [0.05, 0.1) is 10.6 Å². The highest BCUT2D eigenvalue weighted by atomic mass is 35.5. The number of hydrogen-bond donors (Lipinski definition) is 0. The Labute approximate surface area is 159 Å². The molecule has 0 radical (unpaired) electrons. The molecule has 1 amide bonds. The molecule has 0 spiro atoms. The second-order valence-electron chi connectivity index (χ2n) is 5.37. The number of carbonyl (C=O) groups is 1. The first-order chi connectivity index (χ1) is 12.5. The molecule has 0 saturated heterocycles. The van der Waals surface area contributed by atoms with Gasteiger partial charge in [-0.1, -0.05) is 65.9 Å². The van der Waals surface area contributed by atoms with E-state index >= 15 is 0 Å². The largest absolute Gasteiger partial charge is 0.283 e. The SMILES string of the molecule is C=Cc1ccc(-c2nnc(N(CC)C(=O)c3cccc(Cl)c3F)s2)cc1. The Bertz CT molecular complexity index is 956. The number of carbonyl (C=O) groups excluding carboxylic acids is 1. The lowest BCUT2D eigenvalue weighted by molar-refractivity contribution is 0.0984. The minimum absolute atomic E-state index is 0.0906. The zero-order valence-corrected chi connectivity index (χ0v) is 15.5. The van der Waals surface area contributed by atoms with Gasteiger partial charge >= 0.3 is 0 Å². The van der Waals surface area contributed by atoms with Crippen LogP contribution < -0.4 is 4.90 Å². The average molecular weight is 388 g/mol. The van der Waals surface area contributed by atoms with Crippen molar-refractivity contribution >= 4 is 40.1 Å². The molecule has 0 aliphatic carbocycles. The van der Waals surface area contributed by atoms with E-state index in [1.807, 2.05) is 24.3 Å². The number of aromatic nitrogens is 2. The first-order valence-corrected chi connectivity index (χ1v) is 9.06. The van der Waals surface area contributed by atoms with Gasteiger partial charge in [0.2, 0.25) is 5.13 Å². The van der Waals surface area contributed by atoms with E-state index in [2.05, 4.69) is 16.8 Å². The normalized spacial score (nSPS) is 10.6. The monoisotopic (exact) mass is 387 g/mol. The maximum absolute atomic E-state index is 14.2. The highest BCUT2D eigenvalue weighted by molar-refractivity contribution is 7.18. The zero-order chi connectivity index (χ0) is 18.7. The second-order valence-corrected chi connectivity index (χ2v) is 6.73. The molecule has 0 saturated carbocycles. The van der Waals surface area contributed by atoms with Crippen LogP contribution in [-0.4, -0.2) is 22.6 Å². The van der Waals surface area contributed by atoms with Crippen LogP contribution in [-0.2, 0) is 0 Å². The summed E-state index contributed by atoms with van der Waals surface area (Å²) in [7, 11) is 0. The predicted molar refractivity (Wildman–Crippen MR) is 104 cm³/mol. The molecule has 0 N–H and O–H groups in total. The minimum atomic E-state index is -0.734. The van der Waals surface area contributed by atoms with Crippen molar-refractivity contribution in [2.45, 2.75) is 6.92 Å². The molecule has 0 fully saturated rings. The van der Waals surface area contributed by atoms with Crippen LogP contribution in [0.25, 0.3) is 16.6 Å². The maximum Gasteiger partial charge on any atom is 0.263 e. The lowest BCUT2D eigenvalue weighted by atomic mass is 10.1. The van der Waals surface area contributed by atoms with E-state index in [9.17, 15) is 9.18 Å². The molecule has 0 atom stereocenters. The smallest absolute Gasteiger partial charge is 0.263 e. The summed E-state index contributed by atoms with van der Waals surface area (Å²) in [5, 5.41) is 9.25. The molecule has 1 aromatic heterocycles. The van der Waals surface area contributed by atoms with Crippen molar-refractivity contribution in [1.29, 1.82) is 0 Å². The molecule has 4 nitrogen and oxygen atoms in total. The van der Waals surface area contributed by atoms with E-state index in [1.54, 1.807) is 19.1 Å². The number of hydrogen-bond acceptors (Lipinski definition) is 4. The topological polar surface area (TPSA) is 46.1 Å². The second kappa shape index (κ2) is 7.76. The summed E-state index contributed by atoms with van der Waals surface area (Å²) in [4.78, 5) is 14.1. The van der Waals surface area contributed by atoms with Crippen LogP contribution in [0.15, 0.2) is 49.0 Å². The lowest BCUT2D eigenvalue weighted by Gasteiger charge is -2.17.